The molecule has 0 aromatic heterocycles. The molecular weight excluding hydrogens is 210 g/mol. The minimum atomic E-state index is -3.22. The standard InChI is InChI=1S/C11H10NO2S/c1-15(13,14)12-11-7-6-9-4-2-3-5-10(9)8-11/h2-5,7-8,12H,1H3. The van der Waals surface area contributed by atoms with E-state index in [4.69, 9.17) is 0 Å². The quantitative estimate of drug-likeness (QED) is 0.841. The average Bonchev–Trinajstić information content (AvgIpc) is 2.15. The lowest BCUT2D eigenvalue weighted by Crippen LogP contribution is -2.09. The van der Waals surface area contributed by atoms with E-state index in [9.17, 15) is 8.42 Å². The molecule has 0 aliphatic heterocycles. The maximum atomic E-state index is 11.0. The van der Waals surface area contributed by atoms with Crippen LogP contribution < -0.4 is 4.72 Å². The highest BCUT2D eigenvalue weighted by Crippen LogP contribution is 2.18. The van der Waals surface area contributed by atoms with Crippen LogP contribution in [0.3, 0.4) is 0 Å². The van der Waals surface area contributed by atoms with E-state index in [2.05, 4.69) is 10.8 Å². The Morgan fingerprint density at radius 3 is 2.73 bits per heavy atom. The second kappa shape index (κ2) is 3.55. The zero-order valence-corrected chi connectivity index (χ0v) is 9.01. The van der Waals surface area contributed by atoms with Crippen molar-refractivity contribution in [1.29, 1.82) is 0 Å². The van der Waals surface area contributed by atoms with Crippen LogP contribution >= 0.6 is 0 Å². The summed E-state index contributed by atoms with van der Waals surface area (Å²) in [5.41, 5.74) is 0.538. The molecule has 0 unspecified atom stereocenters. The third kappa shape index (κ3) is 2.47. The van der Waals surface area contributed by atoms with Gasteiger partial charge in [-0.2, -0.15) is 0 Å². The Kier molecular flexibility index (Phi) is 2.36. The summed E-state index contributed by atoms with van der Waals surface area (Å²) in [6.07, 6.45) is 1.13. The molecule has 0 heterocycles. The highest BCUT2D eigenvalue weighted by Gasteiger charge is 2.02. The van der Waals surface area contributed by atoms with Crippen LogP contribution in [-0.2, 0) is 10.0 Å². The Bertz CT molecular complexity index is 590. The van der Waals surface area contributed by atoms with E-state index in [-0.39, 0.29) is 0 Å². The van der Waals surface area contributed by atoms with Gasteiger partial charge in [0.05, 0.1) is 6.26 Å². The second-order valence-corrected chi connectivity index (χ2v) is 5.10. The van der Waals surface area contributed by atoms with Gasteiger partial charge in [0.25, 0.3) is 0 Å². The van der Waals surface area contributed by atoms with Crippen LogP contribution in [0.4, 0.5) is 5.69 Å². The molecule has 0 bridgehead atoms. The lowest BCUT2D eigenvalue weighted by molar-refractivity contribution is 0.607. The smallest absolute Gasteiger partial charge is 0.229 e. The summed E-state index contributed by atoms with van der Waals surface area (Å²) in [5.74, 6) is 0. The number of hydrogen-bond donors (Lipinski definition) is 1. The number of benzene rings is 2. The van der Waals surface area contributed by atoms with E-state index in [1.54, 1.807) is 12.1 Å². The summed E-state index contributed by atoms with van der Waals surface area (Å²) in [7, 11) is -3.22. The van der Waals surface area contributed by atoms with Crippen molar-refractivity contribution in [2.45, 2.75) is 0 Å². The first-order valence-corrected chi connectivity index (χ1v) is 6.32. The Morgan fingerprint density at radius 1 is 1.27 bits per heavy atom. The molecule has 2 aromatic rings. The Hall–Kier alpha value is -1.55. The number of fused-ring (bicyclic) bond motifs is 1. The first kappa shape index (κ1) is 9.98. The highest BCUT2D eigenvalue weighted by molar-refractivity contribution is 7.92. The SMILES string of the molecule is CS(=O)(=O)Nc1c[c]c2ccccc2c1. The molecule has 0 saturated carbocycles. The van der Waals surface area contributed by atoms with Crippen molar-refractivity contribution in [3.8, 4) is 0 Å². The summed E-state index contributed by atoms with van der Waals surface area (Å²) in [6, 6.07) is 14.1. The maximum absolute atomic E-state index is 11.0. The number of anilines is 1. The van der Waals surface area contributed by atoms with Crippen LogP contribution in [0, 0.1) is 6.07 Å². The van der Waals surface area contributed by atoms with Gasteiger partial charge in [-0.1, -0.05) is 24.3 Å². The predicted octanol–water partition coefficient (Wildman–Crippen LogP) is 2.01. The van der Waals surface area contributed by atoms with Gasteiger partial charge in [0.2, 0.25) is 10.0 Å². The molecule has 0 atom stereocenters. The number of nitrogens with one attached hydrogen (secondary N) is 1. The minimum Gasteiger partial charge on any atom is -0.284 e. The largest absolute Gasteiger partial charge is 0.284 e. The molecule has 77 valence electrons. The molecular formula is C11H10NO2S. The van der Waals surface area contributed by atoms with Crippen molar-refractivity contribution < 1.29 is 8.42 Å². The zero-order valence-electron chi connectivity index (χ0n) is 8.19. The van der Waals surface area contributed by atoms with Gasteiger partial charge in [0.1, 0.15) is 0 Å². The van der Waals surface area contributed by atoms with Crippen LogP contribution in [0.5, 0.6) is 0 Å². The molecule has 2 aromatic carbocycles. The van der Waals surface area contributed by atoms with Crippen LogP contribution in [0.15, 0.2) is 36.4 Å². The molecule has 0 aliphatic rings. The summed E-state index contributed by atoms with van der Waals surface area (Å²) in [6.45, 7) is 0. The molecule has 2 rings (SSSR count). The molecule has 1 N–H and O–H groups in total. The summed E-state index contributed by atoms with van der Waals surface area (Å²) >= 11 is 0. The molecule has 0 amide bonds. The Labute approximate surface area is 88.8 Å². The van der Waals surface area contributed by atoms with E-state index < -0.39 is 10.0 Å². The van der Waals surface area contributed by atoms with Crippen LogP contribution in [0.1, 0.15) is 0 Å². The monoisotopic (exact) mass is 220 g/mol. The number of rotatable bonds is 2. The summed E-state index contributed by atoms with van der Waals surface area (Å²) < 4.78 is 24.4. The average molecular weight is 220 g/mol. The molecule has 0 spiro atoms. The van der Waals surface area contributed by atoms with Gasteiger partial charge in [-0.25, -0.2) is 8.42 Å². The van der Waals surface area contributed by atoms with Crippen LogP contribution in [0.25, 0.3) is 10.8 Å². The predicted molar refractivity (Wildman–Crippen MR) is 61.3 cm³/mol. The summed E-state index contributed by atoms with van der Waals surface area (Å²) in [5, 5.41) is 1.93. The fraction of sp³-hybridized carbons (Fsp3) is 0.0909. The lowest BCUT2D eigenvalue weighted by atomic mass is 10.1. The first-order valence-electron chi connectivity index (χ1n) is 4.43. The van der Waals surface area contributed by atoms with Crippen LogP contribution in [0.2, 0.25) is 0 Å². The molecule has 1 radical (unpaired) electrons. The fourth-order valence-corrected chi connectivity index (χ4v) is 1.94. The van der Waals surface area contributed by atoms with Crippen molar-refractivity contribution >= 4 is 26.5 Å². The molecule has 0 saturated heterocycles. The Morgan fingerprint density at radius 2 is 2.00 bits per heavy atom. The van der Waals surface area contributed by atoms with Gasteiger partial charge >= 0.3 is 0 Å². The van der Waals surface area contributed by atoms with Gasteiger partial charge in [0, 0.05) is 5.69 Å². The minimum absolute atomic E-state index is 0.538. The van der Waals surface area contributed by atoms with Crippen molar-refractivity contribution in [2.24, 2.45) is 0 Å². The van der Waals surface area contributed by atoms with E-state index in [0.29, 0.717) is 5.69 Å². The van der Waals surface area contributed by atoms with Gasteiger partial charge in [-0.05, 0) is 29.0 Å². The molecule has 4 heteroatoms. The topological polar surface area (TPSA) is 46.2 Å². The van der Waals surface area contributed by atoms with Crippen LogP contribution in [-0.4, -0.2) is 14.7 Å². The molecule has 0 aliphatic carbocycles. The van der Waals surface area contributed by atoms with Crippen molar-refractivity contribution in [3.05, 3.63) is 42.5 Å². The fourth-order valence-electron chi connectivity index (χ4n) is 1.39. The van der Waals surface area contributed by atoms with E-state index in [1.165, 1.54) is 0 Å². The van der Waals surface area contributed by atoms with Gasteiger partial charge in [-0.3, -0.25) is 4.72 Å². The van der Waals surface area contributed by atoms with Crippen molar-refractivity contribution in [3.63, 3.8) is 0 Å². The zero-order chi connectivity index (χ0) is 10.9. The maximum Gasteiger partial charge on any atom is 0.229 e. The third-order valence-corrected chi connectivity index (χ3v) is 2.56. The number of hydrogen-bond acceptors (Lipinski definition) is 2. The van der Waals surface area contributed by atoms with E-state index >= 15 is 0 Å². The van der Waals surface area contributed by atoms with Crippen molar-refractivity contribution in [1.82, 2.24) is 0 Å². The first-order chi connectivity index (χ1) is 7.04. The number of sulfonamides is 1. The summed E-state index contributed by atoms with van der Waals surface area (Å²) in [4.78, 5) is 0. The highest BCUT2D eigenvalue weighted by atomic mass is 32.2. The molecule has 15 heavy (non-hydrogen) atoms. The van der Waals surface area contributed by atoms with Gasteiger partial charge < -0.3 is 0 Å². The Balaban J connectivity index is 2.48. The van der Waals surface area contributed by atoms with E-state index in [1.807, 2.05) is 24.3 Å². The van der Waals surface area contributed by atoms with Gasteiger partial charge in [-0.15, -0.1) is 0 Å². The normalized spacial score (nSPS) is 11.5. The van der Waals surface area contributed by atoms with Gasteiger partial charge in [0.15, 0.2) is 0 Å². The molecule has 3 nitrogen and oxygen atoms in total. The lowest BCUT2D eigenvalue weighted by Gasteiger charge is -2.04. The van der Waals surface area contributed by atoms with Crippen molar-refractivity contribution in [2.75, 3.05) is 11.0 Å². The second-order valence-electron chi connectivity index (χ2n) is 3.35. The third-order valence-electron chi connectivity index (χ3n) is 1.96. The molecule has 0 fully saturated rings. The van der Waals surface area contributed by atoms with E-state index in [0.717, 1.165) is 17.0 Å².